The number of benzene rings is 1. The molecule has 1 spiro atoms. The Morgan fingerprint density at radius 3 is 2.65 bits per heavy atom. The van der Waals surface area contributed by atoms with Crippen LogP contribution in [-0.2, 0) is 21.3 Å². The molecule has 2 aliphatic heterocycles. The Morgan fingerprint density at radius 2 is 1.96 bits per heavy atom. The molecule has 5 rings (SSSR count). The Hall–Kier alpha value is -1.44. The maximum absolute atomic E-state index is 13.6. The third-order valence-corrected chi connectivity index (χ3v) is 9.38. The van der Waals surface area contributed by atoms with Crippen molar-refractivity contribution in [3.8, 4) is 0 Å². The van der Waals surface area contributed by atoms with Crippen LogP contribution in [0.4, 0.5) is 5.69 Å². The summed E-state index contributed by atoms with van der Waals surface area (Å²) in [6, 6.07) is 7.98. The Morgan fingerprint density at radius 1 is 1.19 bits per heavy atom. The summed E-state index contributed by atoms with van der Waals surface area (Å²) in [5.74, 6) is 0.540. The van der Waals surface area contributed by atoms with Crippen LogP contribution in [0.1, 0.15) is 36.3 Å². The molecule has 0 radical (unpaired) electrons. The predicted molar refractivity (Wildman–Crippen MR) is 104 cm³/mol. The molecule has 1 aromatic heterocycles. The summed E-state index contributed by atoms with van der Waals surface area (Å²) in [4.78, 5) is 6.70. The number of para-hydroxylation sites is 1. The average Bonchev–Trinajstić information content (AvgIpc) is 3.30. The number of hydrogen-bond donors (Lipinski definition) is 0. The Kier molecular flexibility index (Phi) is 3.88. The average molecular weight is 390 g/mol. The van der Waals surface area contributed by atoms with Crippen LogP contribution in [0.3, 0.4) is 0 Å². The summed E-state index contributed by atoms with van der Waals surface area (Å²) in [6.07, 6.45) is 5.47. The molecule has 3 heterocycles. The van der Waals surface area contributed by atoms with Crippen molar-refractivity contribution < 1.29 is 8.42 Å². The summed E-state index contributed by atoms with van der Waals surface area (Å²) < 4.78 is 28.2. The van der Waals surface area contributed by atoms with Crippen molar-refractivity contribution in [3.63, 3.8) is 0 Å². The second kappa shape index (κ2) is 6.04. The molecular formula is C19H23N3O2S2. The first-order valence-corrected chi connectivity index (χ1v) is 11.6. The van der Waals surface area contributed by atoms with Gasteiger partial charge in [-0.05, 0) is 43.2 Å². The molecule has 0 amide bonds. The predicted octanol–water partition coefficient (Wildman–Crippen LogP) is 3.19. The van der Waals surface area contributed by atoms with Gasteiger partial charge < -0.3 is 0 Å². The minimum absolute atomic E-state index is 0.540. The lowest BCUT2D eigenvalue weighted by Crippen LogP contribution is -2.48. The third-order valence-electron chi connectivity index (χ3n) is 6.07. The highest BCUT2D eigenvalue weighted by Crippen LogP contribution is 2.53. The van der Waals surface area contributed by atoms with E-state index in [0.717, 1.165) is 48.7 Å². The number of thiazole rings is 1. The molecule has 5 nitrogen and oxygen atoms in total. The van der Waals surface area contributed by atoms with Gasteiger partial charge in [-0.15, -0.1) is 11.3 Å². The van der Waals surface area contributed by atoms with Crippen LogP contribution in [0.15, 0.2) is 35.8 Å². The molecule has 0 unspecified atom stereocenters. The number of aromatic nitrogens is 1. The number of fused-ring (bicyclic) bond motifs is 2. The van der Waals surface area contributed by atoms with Gasteiger partial charge in [0, 0.05) is 31.2 Å². The minimum Gasteiger partial charge on any atom is -0.297 e. The molecule has 138 valence electrons. The van der Waals surface area contributed by atoms with Gasteiger partial charge in [-0.1, -0.05) is 18.2 Å². The normalized spacial score (nSPS) is 24.1. The van der Waals surface area contributed by atoms with E-state index in [1.165, 1.54) is 0 Å². The molecular weight excluding hydrogens is 366 g/mol. The number of piperidine rings is 1. The van der Waals surface area contributed by atoms with Crippen LogP contribution in [-0.4, -0.2) is 37.9 Å². The molecule has 1 aliphatic carbocycles. The summed E-state index contributed by atoms with van der Waals surface area (Å²) in [5, 5.41) is 3.10. The van der Waals surface area contributed by atoms with E-state index in [1.54, 1.807) is 15.6 Å². The lowest BCUT2D eigenvalue weighted by atomic mass is 9.87. The van der Waals surface area contributed by atoms with E-state index in [4.69, 9.17) is 0 Å². The highest BCUT2D eigenvalue weighted by Gasteiger charge is 2.57. The summed E-state index contributed by atoms with van der Waals surface area (Å²) >= 11 is 1.66. The van der Waals surface area contributed by atoms with E-state index < -0.39 is 14.8 Å². The summed E-state index contributed by atoms with van der Waals surface area (Å²) in [5.41, 5.74) is 1.95. The topological polar surface area (TPSA) is 53.5 Å². The highest BCUT2D eigenvalue weighted by molar-refractivity contribution is 7.94. The van der Waals surface area contributed by atoms with E-state index in [9.17, 15) is 8.42 Å². The molecule has 7 heteroatoms. The minimum atomic E-state index is -3.36. The van der Waals surface area contributed by atoms with Crippen molar-refractivity contribution in [2.24, 2.45) is 5.92 Å². The first-order valence-electron chi connectivity index (χ1n) is 9.33. The van der Waals surface area contributed by atoms with E-state index in [1.807, 2.05) is 35.8 Å². The van der Waals surface area contributed by atoms with Crippen LogP contribution in [0.25, 0.3) is 0 Å². The van der Waals surface area contributed by atoms with Gasteiger partial charge in [-0.3, -0.25) is 9.21 Å². The van der Waals surface area contributed by atoms with Crippen LogP contribution >= 0.6 is 11.3 Å². The standard InChI is InChI=1S/C19H23N3O2S2/c23-26(24)19(7-10-21(11-8-19)14-18-20-9-12-25-18)16-3-1-2-4-17(16)22(26)13-15-5-6-15/h1-4,9,12,15H,5-8,10-11,13-14H2. The second-order valence-corrected chi connectivity index (χ2v) is 10.8. The maximum Gasteiger partial charge on any atom is 0.245 e. The largest absolute Gasteiger partial charge is 0.297 e. The Bertz CT molecular complexity index is 899. The molecule has 3 aliphatic rings. The number of hydrogen-bond acceptors (Lipinski definition) is 5. The molecule has 2 fully saturated rings. The fraction of sp³-hybridized carbons (Fsp3) is 0.526. The number of anilines is 1. The zero-order valence-corrected chi connectivity index (χ0v) is 16.3. The Labute approximate surface area is 158 Å². The first kappa shape index (κ1) is 16.7. The molecule has 0 bridgehead atoms. The van der Waals surface area contributed by atoms with Crippen LogP contribution in [0.2, 0.25) is 0 Å². The van der Waals surface area contributed by atoms with Gasteiger partial charge >= 0.3 is 0 Å². The van der Waals surface area contributed by atoms with Gasteiger partial charge in [0.2, 0.25) is 10.0 Å². The lowest BCUT2D eigenvalue weighted by Gasteiger charge is -2.38. The fourth-order valence-electron chi connectivity index (χ4n) is 4.41. The van der Waals surface area contributed by atoms with Crippen molar-refractivity contribution in [1.29, 1.82) is 0 Å². The fourth-order valence-corrected chi connectivity index (χ4v) is 7.46. The lowest BCUT2D eigenvalue weighted by molar-refractivity contribution is 0.189. The SMILES string of the molecule is O=S1(=O)N(CC2CC2)c2ccccc2C12CCN(Cc1nccs1)CC2. The van der Waals surface area contributed by atoms with Crippen LogP contribution in [0, 0.1) is 5.92 Å². The molecule has 1 saturated carbocycles. The van der Waals surface area contributed by atoms with Gasteiger partial charge in [0.15, 0.2) is 0 Å². The molecule has 0 N–H and O–H groups in total. The number of nitrogens with zero attached hydrogens (tertiary/aromatic N) is 3. The highest BCUT2D eigenvalue weighted by atomic mass is 32.2. The van der Waals surface area contributed by atoms with Crippen molar-refractivity contribution in [1.82, 2.24) is 9.88 Å². The van der Waals surface area contributed by atoms with Crippen molar-refractivity contribution in [2.45, 2.75) is 37.0 Å². The van der Waals surface area contributed by atoms with Crippen molar-refractivity contribution >= 4 is 27.0 Å². The smallest absolute Gasteiger partial charge is 0.245 e. The van der Waals surface area contributed by atoms with E-state index >= 15 is 0 Å². The van der Waals surface area contributed by atoms with E-state index in [0.29, 0.717) is 25.3 Å². The molecule has 1 aromatic carbocycles. The van der Waals surface area contributed by atoms with Crippen LogP contribution < -0.4 is 4.31 Å². The zero-order chi connectivity index (χ0) is 17.8. The van der Waals surface area contributed by atoms with Gasteiger partial charge in [-0.2, -0.15) is 0 Å². The maximum atomic E-state index is 13.6. The van der Waals surface area contributed by atoms with E-state index in [2.05, 4.69) is 9.88 Å². The molecule has 26 heavy (non-hydrogen) atoms. The second-order valence-electron chi connectivity index (χ2n) is 7.69. The van der Waals surface area contributed by atoms with Gasteiger partial charge in [-0.25, -0.2) is 13.4 Å². The molecule has 1 saturated heterocycles. The summed E-state index contributed by atoms with van der Waals surface area (Å²) in [7, 11) is -3.36. The van der Waals surface area contributed by atoms with Crippen molar-refractivity contribution in [3.05, 3.63) is 46.4 Å². The number of sulfonamides is 1. The van der Waals surface area contributed by atoms with Crippen LogP contribution in [0.5, 0.6) is 0 Å². The van der Waals surface area contributed by atoms with Gasteiger partial charge in [0.05, 0.1) is 12.2 Å². The Balaban J connectivity index is 1.44. The number of likely N-dealkylation sites (tertiary alicyclic amines) is 1. The molecule has 0 atom stereocenters. The summed E-state index contributed by atoms with van der Waals surface area (Å²) in [6.45, 7) is 3.07. The third kappa shape index (κ3) is 2.52. The van der Waals surface area contributed by atoms with E-state index in [-0.39, 0.29) is 0 Å². The monoisotopic (exact) mass is 389 g/mol. The zero-order valence-electron chi connectivity index (χ0n) is 14.7. The molecule has 2 aromatic rings. The first-order chi connectivity index (χ1) is 12.6. The van der Waals surface area contributed by atoms with Gasteiger partial charge in [0.25, 0.3) is 0 Å². The number of rotatable bonds is 4. The van der Waals surface area contributed by atoms with Crippen molar-refractivity contribution in [2.75, 3.05) is 23.9 Å². The quantitative estimate of drug-likeness (QED) is 0.806. The van der Waals surface area contributed by atoms with Gasteiger partial charge in [0.1, 0.15) is 9.75 Å².